The summed E-state index contributed by atoms with van der Waals surface area (Å²) in [5.74, 6) is -0.581. The number of amides is 2. The molecule has 1 spiro atoms. The van der Waals surface area contributed by atoms with Gasteiger partial charge in [-0.05, 0) is 63.3 Å². The van der Waals surface area contributed by atoms with Crippen molar-refractivity contribution < 1.29 is 14.0 Å². The Morgan fingerprint density at radius 1 is 1.25 bits per heavy atom. The van der Waals surface area contributed by atoms with Gasteiger partial charge in [0.1, 0.15) is 11.4 Å². The van der Waals surface area contributed by atoms with Crippen molar-refractivity contribution in [2.24, 2.45) is 5.41 Å². The van der Waals surface area contributed by atoms with Gasteiger partial charge in [0.2, 0.25) is 5.91 Å². The number of benzene rings is 1. The summed E-state index contributed by atoms with van der Waals surface area (Å²) in [6, 6.07) is 5.95. The number of rotatable bonds is 3. The zero-order chi connectivity index (χ0) is 22.5. The molecule has 5 rings (SSSR count). The van der Waals surface area contributed by atoms with Crippen LogP contribution in [0.4, 0.5) is 10.1 Å². The average molecular weight is 456 g/mol. The summed E-state index contributed by atoms with van der Waals surface area (Å²) >= 11 is 6.19. The van der Waals surface area contributed by atoms with Crippen LogP contribution in [0.15, 0.2) is 36.7 Å². The molecule has 7 nitrogen and oxygen atoms in total. The van der Waals surface area contributed by atoms with Crippen molar-refractivity contribution in [3.05, 3.63) is 58.8 Å². The molecule has 2 aliphatic rings. The fraction of sp³-hybridized carbons (Fsp3) is 0.391. The smallest absolute Gasteiger partial charge is 0.256 e. The second kappa shape index (κ2) is 7.85. The SMILES string of the molecule is Cc1ccnc2c(C(=O)NC3CCC4(CC3)CCN(c3ccc(F)cc3Cl)C4=O)cnn12. The molecule has 2 fully saturated rings. The molecule has 1 saturated carbocycles. The lowest BCUT2D eigenvalue weighted by molar-refractivity contribution is -0.127. The van der Waals surface area contributed by atoms with Gasteiger partial charge >= 0.3 is 0 Å². The Morgan fingerprint density at radius 3 is 2.78 bits per heavy atom. The molecule has 1 saturated heterocycles. The van der Waals surface area contributed by atoms with Gasteiger partial charge in [-0.25, -0.2) is 13.9 Å². The largest absolute Gasteiger partial charge is 0.349 e. The lowest BCUT2D eigenvalue weighted by atomic mass is 9.71. The van der Waals surface area contributed by atoms with E-state index in [4.69, 9.17) is 11.6 Å². The minimum Gasteiger partial charge on any atom is -0.349 e. The first-order valence-corrected chi connectivity index (χ1v) is 11.1. The Kier molecular flexibility index (Phi) is 5.12. The van der Waals surface area contributed by atoms with Gasteiger partial charge in [-0.1, -0.05) is 11.6 Å². The summed E-state index contributed by atoms with van der Waals surface area (Å²) in [5.41, 5.74) is 2.00. The van der Waals surface area contributed by atoms with Crippen molar-refractivity contribution in [3.8, 4) is 0 Å². The van der Waals surface area contributed by atoms with Crippen molar-refractivity contribution in [2.75, 3.05) is 11.4 Å². The summed E-state index contributed by atoms with van der Waals surface area (Å²) in [5, 5.41) is 7.60. The molecule has 32 heavy (non-hydrogen) atoms. The van der Waals surface area contributed by atoms with Crippen LogP contribution in [0.5, 0.6) is 0 Å². The number of aryl methyl sites for hydroxylation is 1. The highest BCUT2D eigenvalue weighted by Gasteiger charge is 2.49. The van der Waals surface area contributed by atoms with Crippen LogP contribution in [-0.4, -0.2) is 39.0 Å². The van der Waals surface area contributed by atoms with E-state index in [1.165, 1.54) is 12.1 Å². The lowest BCUT2D eigenvalue weighted by Gasteiger charge is -2.36. The normalized spacial score (nSPS) is 23.3. The molecule has 3 heterocycles. The summed E-state index contributed by atoms with van der Waals surface area (Å²) in [6.07, 6.45) is 6.76. The third kappa shape index (κ3) is 3.43. The maximum atomic E-state index is 13.4. The molecule has 0 bridgehead atoms. The molecule has 0 radical (unpaired) electrons. The van der Waals surface area contributed by atoms with E-state index < -0.39 is 11.2 Å². The topological polar surface area (TPSA) is 79.6 Å². The molecular formula is C23H23ClFN5O2. The zero-order valence-corrected chi connectivity index (χ0v) is 18.4. The van der Waals surface area contributed by atoms with Gasteiger partial charge in [0.15, 0.2) is 5.65 Å². The van der Waals surface area contributed by atoms with E-state index in [0.717, 1.165) is 12.1 Å². The summed E-state index contributed by atoms with van der Waals surface area (Å²) in [6.45, 7) is 2.47. The predicted molar refractivity (Wildman–Crippen MR) is 118 cm³/mol. The molecular weight excluding hydrogens is 433 g/mol. The fourth-order valence-corrected chi connectivity index (χ4v) is 5.23. The Labute approximate surface area is 189 Å². The first kappa shape index (κ1) is 20.9. The highest BCUT2D eigenvalue weighted by atomic mass is 35.5. The first-order valence-electron chi connectivity index (χ1n) is 10.8. The minimum absolute atomic E-state index is 0.0101. The van der Waals surface area contributed by atoms with E-state index in [-0.39, 0.29) is 22.9 Å². The number of carbonyl (C=O) groups is 2. The van der Waals surface area contributed by atoms with Crippen LogP contribution in [0, 0.1) is 18.2 Å². The predicted octanol–water partition coefficient (Wildman–Crippen LogP) is 3.93. The number of halogens is 2. The number of hydrogen-bond acceptors (Lipinski definition) is 4. The van der Waals surface area contributed by atoms with Gasteiger partial charge in [-0.2, -0.15) is 5.10 Å². The van der Waals surface area contributed by atoms with Gasteiger partial charge in [-0.3, -0.25) is 9.59 Å². The third-order valence-electron chi connectivity index (χ3n) is 6.83. The molecule has 2 amide bonds. The maximum absolute atomic E-state index is 13.4. The molecule has 1 aromatic carbocycles. The van der Waals surface area contributed by atoms with Gasteiger partial charge in [0.05, 0.1) is 22.3 Å². The number of hydrogen-bond donors (Lipinski definition) is 1. The van der Waals surface area contributed by atoms with Crippen molar-refractivity contribution in [1.82, 2.24) is 19.9 Å². The van der Waals surface area contributed by atoms with E-state index in [2.05, 4.69) is 15.4 Å². The van der Waals surface area contributed by atoms with Crippen molar-refractivity contribution >= 4 is 34.7 Å². The lowest BCUT2D eigenvalue weighted by Crippen LogP contribution is -2.44. The summed E-state index contributed by atoms with van der Waals surface area (Å²) in [4.78, 5) is 32.1. The van der Waals surface area contributed by atoms with Crippen LogP contribution < -0.4 is 10.2 Å². The van der Waals surface area contributed by atoms with Crippen LogP contribution in [0.2, 0.25) is 5.02 Å². The zero-order valence-electron chi connectivity index (χ0n) is 17.6. The van der Waals surface area contributed by atoms with Crippen LogP contribution in [-0.2, 0) is 4.79 Å². The van der Waals surface area contributed by atoms with Gasteiger partial charge in [-0.15, -0.1) is 0 Å². The van der Waals surface area contributed by atoms with Crippen molar-refractivity contribution in [1.29, 1.82) is 0 Å². The highest BCUT2D eigenvalue weighted by Crippen LogP contribution is 2.47. The summed E-state index contributed by atoms with van der Waals surface area (Å²) < 4.78 is 15.1. The van der Waals surface area contributed by atoms with E-state index in [1.54, 1.807) is 27.9 Å². The van der Waals surface area contributed by atoms with Crippen molar-refractivity contribution in [3.63, 3.8) is 0 Å². The monoisotopic (exact) mass is 455 g/mol. The number of fused-ring (bicyclic) bond motifs is 1. The Balaban J connectivity index is 1.25. The molecule has 3 aromatic rings. The molecule has 1 aliphatic carbocycles. The summed E-state index contributed by atoms with van der Waals surface area (Å²) in [7, 11) is 0. The minimum atomic E-state index is -0.442. The van der Waals surface area contributed by atoms with Crippen molar-refractivity contribution in [2.45, 2.75) is 45.1 Å². The molecule has 9 heteroatoms. The number of aromatic nitrogens is 3. The Morgan fingerprint density at radius 2 is 2.03 bits per heavy atom. The quantitative estimate of drug-likeness (QED) is 0.649. The first-order chi connectivity index (χ1) is 15.4. The Hall–Kier alpha value is -3.00. The van der Waals surface area contributed by atoms with E-state index in [0.29, 0.717) is 49.1 Å². The Bertz CT molecular complexity index is 1220. The van der Waals surface area contributed by atoms with Crippen LogP contribution >= 0.6 is 11.6 Å². The van der Waals surface area contributed by atoms with Crippen LogP contribution in [0.3, 0.4) is 0 Å². The maximum Gasteiger partial charge on any atom is 0.256 e. The molecule has 166 valence electrons. The molecule has 2 aromatic heterocycles. The van der Waals surface area contributed by atoms with Crippen LogP contribution in [0.25, 0.3) is 5.65 Å². The third-order valence-corrected chi connectivity index (χ3v) is 7.13. The molecule has 0 unspecified atom stereocenters. The molecule has 1 aliphatic heterocycles. The molecule has 1 N–H and O–H groups in total. The average Bonchev–Trinajstić information content (AvgIpc) is 3.34. The second-order valence-corrected chi connectivity index (χ2v) is 9.12. The van der Waals surface area contributed by atoms with Gasteiger partial charge in [0.25, 0.3) is 5.91 Å². The van der Waals surface area contributed by atoms with Crippen LogP contribution in [0.1, 0.15) is 48.2 Å². The van der Waals surface area contributed by atoms with E-state index in [9.17, 15) is 14.0 Å². The molecule has 0 atom stereocenters. The van der Waals surface area contributed by atoms with Gasteiger partial charge < -0.3 is 10.2 Å². The number of carbonyl (C=O) groups excluding carboxylic acids is 2. The number of nitrogens with zero attached hydrogens (tertiary/aromatic N) is 4. The highest BCUT2D eigenvalue weighted by molar-refractivity contribution is 6.34. The fourth-order valence-electron chi connectivity index (χ4n) is 4.96. The number of nitrogens with one attached hydrogen (secondary N) is 1. The van der Waals surface area contributed by atoms with E-state index in [1.807, 2.05) is 13.0 Å². The second-order valence-electron chi connectivity index (χ2n) is 8.71. The standard InChI is InChI=1S/C23H23ClFN5O2/c1-14-6-10-26-20-17(13-27-30(14)20)21(31)28-16-4-7-23(8-5-16)9-11-29(22(23)32)19-3-2-15(25)12-18(19)24/h2-3,6,10,12-13,16H,4-5,7-9,11H2,1H3,(H,28,31). The number of anilines is 1. The van der Waals surface area contributed by atoms with Gasteiger partial charge in [0, 0.05) is 24.5 Å². The van der Waals surface area contributed by atoms with E-state index >= 15 is 0 Å².